The number of nitrogens with one attached hydrogen (secondary N) is 1. The predicted octanol–water partition coefficient (Wildman–Crippen LogP) is 2.77. The van der Waals surface area contributed by atoms with E-state index < -0.39 is 10.0 Å². The number of hydrogen-bond acceptors (Lipinski definition) is 6. The Labute approximate surface area is 187 Å². The van der Waals surface area contributed by atoms with Gasteiger partial charge >= 0.3 is 0 Å². The number of piperidine rings is 1. The van der Waals surface area contributed by atoms with E-state index in [1.807, 2.05) is 42.7 Å². The largest absolute Gasteiger partial charge is 0.486 e. The highest BCUT2D eigenvalue weighted by Crippen LogP contribution is 2.31. The minimum absolute atomic E-state index is 0.0659. The van der Waals surface area contributed by atoms with Crippen LogP contribution in [0, 0.1) is 5.92 Å². The predicted molar refractivity (Wildman–Crippen MR) is 119 cm³/mol. The van der Waals surface area contributed by atoms with Gasteiger partial charge in [0.25, 0.3) is 0 Å². The number of ether oxygens (including phenoxy) is 2. The number of benzene rings is 2. The SMILES string of the molecule is CSc1ccc(S(=O)(=O)N2CCC(C(=O)NC[C@H]3COc4ccccc4O3)CC2)cc1. The van der Waals surface area contributed by atoms with Crippen LogP contribution in [0.2, 0.25) is 0 Å². The lowest BCUT2D eigenvalue weighted by molar-refractivity contribution is -0.126. The maximum absolute atomic E-state index is 12.9. The smallest absolute Gasteiger partial charge is 0.243 e. The maximum atomic E-state index is 12.9. The Morgan fingerprint density at radius 3 is 2.45 bits per heavy atom. The van der Waals surface area contributed by atoms with E-state index in [4.69, 9.17) is 9.47 Å². The first-order valence-electron chi connectivity index (χ1n) is 10.3. The van der Waals surface area contributed by atoms with Crippen LogP contribution >= 0.6 is 11.8 Å². The fourth-order valence-corrected chi connectivity index (χ4v) is 5.66. The molecule has 9 heteroatoms. The third-order valence-electron chi connectivity index (χ3n) is 5.59. The van der Waals surface area contributed by atoms with Gasteiger partial charge in [-0.2, -0.15) is 4.31 Å². The summed E-state index contributed by atoms with van der Waals surface area (Å²) in [4.78, 5) is 13.9. The second-order valence-electron chi connectivity index (χ2n) is 7.60. The number of hydrogen-bond donors (Lipinski definition) is 1. The topological polar surface area (TPSA) is 84.9 Å². The van der Waals surface area contributed by atoms with Gasteiger partial charge in [-0.25, -0.2) is 8.42 Å². The number of thioether (sulfide) groups is 1. The Morgan fingerprint density at radius 1 is 1.10 bits per heavy atom. The van der Waals surface area contributed by atoms with E-state index in [-0.39, 0.29) is 17.9 Å². The summed E-state index contributed by atoms with van der Waals surface area (Å²) in [7, 11) is -3.54. The summed E-state index contributed by atoms with van der Waals surface area (Å²) in [6.45, 7) is 1.40. The third-order valence-corrected chi connectivity index (χ3v) is 8.25. The van der Waals surface area contributed by atoms with Gasteiger partial charge in [0.05, 0.1) is 11.4 Å². The van der Waals surface area contributed by atoms with Crippen molar-refractivity contribution in [3.63, 3.8) is 0 Å². The van der Waals surface area contributed by atoms with Crippen molar-refractivity contribution in [2.75, 3.05) is 32.5 Å². The van der Waals surface area contributed by atoms with Crippen molar-refractivity contribution in [3.05, 3.63) is 48.5 Å². The van der Waals surface area contributed by atoms with Crippen LogP contribution in [-0.2, 0) is 14.8 Å². The summed E-state index contributed by atoms with van der Waals surface area (Å²) < 4.78 is 38.8. The first-order chi connectivity index (χ1) is 15.0. The van der Waals surface area contributed by atoms with Crippen molar-refractivity contribution in [1.29, 1.82) is 0 Å². The van der Waals surface area contributed by atoms with E-state index in [9.17, 15) is 13.2 Å². The van der Waals surface area contributed by atoms with Crippen LogP contribution in [0.4, 0.5) is 0 Å². The third kappa shape index (κ3) is 4.99. The quantitative estimate of drug-likeness (QED) is 0.665. The Kier molecular flexibility index (Phi) is 6.74. The van der Waals surface area contributed by atoms with E-state index in [1.165, 1.54) is 4.31 Å². The molecule has 0 aromatic heterocycles. The molecule has 0 aliphatic carbocycles. The summed E-state index contributed by atoms with van der Waals surface area (Å²) in [6, 6.07) is 14.4. The fourth-order valence-electron chi connectivity index (χ4n) is 3.78. The molecule has 166 valence electrons. The minimum atomic E-state index is -3.54. The number of carbonyl (C=O) groups excluding carboxylic acids is 1. The van der Waals surface area contributed by atoms with Crippen LogP contribution in [0.1, 0.15) is 12.8 Å². The first kappa shape index (κ1) is 22.0. The summed E-state index contributed by atoms with van der Waals surface area (Å²) >= 11 is 1.57. The average molecular weight is 463 g/mol. The van der Waals surface area contributed by atoms with Gasteiger partial charge in [-0.3, -0.25) is 4.79 Å². The van der Waals surface area contributed by atoms with Gasteiger partial charge in [-0.15, -0.1) is 11.8 Å². The number of amides is 1. The zero-order chi connectivity index (χ0) is 21.8. The highest BCUT2D eigenvalue weighted by molar-refractivity contribution is 7.98. The Morgan fingerprint density at radius 2 is 1.77 bits per heavy atom. The number of nitrogens with zero attached hydrogens (tertiary/aromatic N) is 1. The van der Waals surface area contributed by atoms with Crippen molar-refractivity contribution in [3.8, 4) is 11.5 Å². The molecule has 1 amide bonds. The van der Waals surface area contributed by atoms with Gasteiger partial charge < -0.3 is 14.8 Å². The molecule has 2 aromatic carbocycles. The van der Waals surface area contributed by atoms with Gasteiger partial charge in [0, 0.05) is 23.9 Å². The second kappa shape index (κ2) is 9.50. The maximum Gasteiger partial charge on any atom is 0.243 e. The number of fused-ring (bicyclic) bond motifs is 1. The van der Waals surface area contributed by atoms with Crippen LogP contribution in [0.25, 0.3) is 0 Å². The molecule has 1 saturated heterocycles. The van der Waals surface area contributed by atoms with Gasteiger partial charge in [-0.1, -0.05) is 12.1 Å². The molecule has 4 rings (SSSR count). The Bertz CT molecular complexity index is 1020. The second-order valence-corrected chi connectivity index (χ2v) is 10.4. The monoisotopic (exact) mass is 462 g/mol. The molecule has 1 fully saturated rings. The normalized spacial score (nSPS) is 19.7. The molecule has 0 radical (unpaired) electrons. The van der Waals surface area contributed by atoms with E-state index >= 15 is 0 Å². The van der Waals surface area contributed by atoms with Crippen molar-refractivity contribution >= 4 is 27.7 Å². The molecule has 2 aliphatic heterocycles. The van der Waals surface area contributed by atoms with E-state index in [0.717, 1.165) is 4.90 Å². The number of rotatable bonds is 6. The first-order valence-corrected chi connectivity index (χ1v) is 12.9. The molecule has 7 nitrogen and oxygen atoms in total. The fraction of sp³-hybridized carbons (Fsp3) is 0.409. The standard InChI is InChI=1S/C22H26N2O5S2/c1-30-18-6-8-19(9-7-18)31(26,27)24-12-10-16(11-13-24)22(25)23-14-17-15-28-20-4-2-3-5-21(20)29-17/h2-9,16-17H,10-15H2,1H3,(H,23,25)/t17-/m0/s1. The van der Waals surface area contributed by atoms with Crippen molar-refractivity contribution in [1.82, 2.24) is 9.62 Å². The van der Waals surface area contributed by atoms with E-state index in [0.29, 0.717) is 55.5 Å². The van der Waals surface area contributed by atoms with Crippen molar-refractivity contribution < 1.29 is 22.7 Å². The zero-order valence-electron chi connectivity index (χ0n) is 17.3. The molecule has 2 aliphatic rings. The Balaban J connectivity index is 1.27. The summed E-state index contributed by atoms with van der Waals surface area (Å²) in [5.74, 6) is 1.12. The van der Waals surface area contributed by atoms with Crippen LogP contribution in [0.15, 0.2) is 58.3 Å². The van der Waals surface area contributed by atoms with E-state index in [1.54, 1.807) is 23.9 Å². The van der Waals surface area contributed by atoms with Gasteiger partial charge in [0.2, 0.25) is 15.9 Å². The van der Waals surface area contributed by atoms with Gasteiger partial charge in [-0.05, 0) is 55.5 Å². The average Bonchev–Trinajstić information content (AvgIpc) is 2.82. The van der Waals surface area contributed by atoms with Crippen LogP contribution in [0.3, 0.4) is 0 Å². The molecule has 0 saturated carbocycles. The van der Waals surface area contributed by atoms with Crippen molar-refractivity contribution in [2.24, 2.45) is 5.92 Å². The molecule has 0 bridgehead atoms. The van der Waals surface area contributed by atoms with E-state index in [2.05, 4.69) is 5.32 Å². The van der Waals surface area contributed by atoms with Gasteiger partial charge in [0.1, 0.15) is 12.7 Å². The number of para-hydroxylation sites is 2. The molecule has 1 N–H and O–H groups in total. The molecule has 1 atom stereocenters. The Hall–Kier alpha value is -2.23. The highest BCUT2D eigenvalue weighted by Gasteiger charge is 2.32. The molecule has 2 aromatic rings. The molecular formula is C22H26N2O5S2. The lowest BCUT2D eigenvalue weighted by Crippen LogP contribution is -2.46. The highest BCUT2D eigenvalue weighted by atomic mass is 32.2. The number of sulfonamides is 1. The summed E-state index contributed by atoms with van der Waals surface area (Å²) in [5, 5.41) is 2.94. The van der Waals surface area contributed by atoms with Crippen LogP contribution in [0.5, 0.6) is 11.5 Å². The summed E-state index contributed by atoms with van der Waals surface area (Å²) in [6.07, 6.45) is 2.70. The zero-order valence-corrected chi connectivity index (χ0v) is 19.0. The number of carbonyl (C=O) groups is 1. The lowest BCUT2D eigenvalue weighted by atomic mass is 9.97. The van der Waals surface area contributed by atoms with Gasteiger partial charge in [0.15, 0.2) is 11.5 Å². The molecule has 31 heavy (non-hydrogen) atoms. The molecule has 0 spiro atoms. The van der Waals surface area contributed by atoms with Crippen LogP contribution < -0.4 is 14.8 Å². The minimum Gasteiger partial charge on any atom is -0.486 e. The molecule has 2 heterocycles. The van der Waals surface area contributed by atoms with Crippen molar-refractivity contribution in [2.45, 2.75) is 28.7 Å². The van der Waals surface area contributed by atoms with Crippen LogP contribution in [-0.4, -0.2) is 57.2 Å². The summed E-state index contributed by atoms with van der Waals surface area (Å²) in [5.41, 5.74) is 0. The molecule has 0 unspecified atom stereocenters. The molecular weight excluding hydrogens is 436 g/mol. The lowest BCUT2D eigenvalue weighted by Gasteiger charge is -2.31.